The summed E-state index contributed by atoms with van der Waals surface area (Å²) in [6, 6.07) is -1.12. The molecule has 0 saturated carbocycles. The Labute approximate surface area is 127 Å². The molecular formula is C13H12F5N3O2. The highest BCUT2D eigenvalue weighted by atomic mass is 19.4. The maximum Gasteiger partial charge on any atom is 0.408 e. The van der Waals surface area contributed by atoms with Gasteiger partial charge in [-0.1, -0.05) is 6.07 Å². The predicted molar refractivity (Wildman–Crippen MR) is 68.3 cm³/mol. The third-order valence-corrected chi connectivity index (χ3v) is 3.23. The zero-order valence-electron chi connectivity index (χ0n) is 11.6. The van der Waals surface area contributed by atoms with E-state index >= 15 is 0 Å². The van der Waals surface area contributed by atoms with Crippen LogP contribution in [0, 0.1) is 11.6 Å². The number of imide groups is 1. The summed E-state index contributed by atoms with van der Waals surface area (Å²) < 4.78 is 66.4. The van der Waals surface area contributed by atoms with Crippen molar-refractivity contribution in [1.29, 1.82) is 0 Å². The summed E-state index contributed by atoms with van der Waals surface area (Å²) in [6.07, 6.45) is -5.03. The smallest absolute Gasteiger partial charge is 0.336 e. The minimum absolute atomic E-state index is 0.0179. The molecule has 5 nitrogen and oxygen atoms in total. The van der Waals surface area contributed by atoms with Crippen LogP contribution in [0.2, 0.25) is 0 Å². The Morgan fingerprint density at radius 3 is 2.39 bits per heavy atom. The molecule has 10 heteroatoms. The van der Waals surface area contributed by atoms with Crippen LogP contribution in [-0.2, 0) is 4.79 Å². The number of nitrogens with zero attached hydrogens (tertiary/aromatic N) is 1. The zero-order valence-corrected chi connectivity index (χ0v) is 11.6. The molecule has 0 spiro atoms. The van der Waals surface area contributed by atoms with Gasteiger partial charge in [0.15, 0.2) is 0 Å². The average Bonchev–Trinajstić information content (AvgIpc) is 2.86. The average molecular weight is 337 g/mol. The van der Waals surface area contributed by atoms with Gasteiger partial charge in [-0.2, -0.15) is 13.2 Å². The van der Waals surface area contributed by atoms with Gasteiger partial charge >= 0.3 is 12.2 Å². The summed E-state index contributed by atoms with van der Waals surface area (Å²) in [6.45, 7) is -0.690. The fourth-order valence-corrected chi connectivity index (χ4v) is 2.16. The third kappa shape index (κ3) is 3.76. The molecule has 0 radical (unpaired) electrons. The van der Waals surface area contributed by atoms with Crippen molar-refractivity contribution in [3.63, 3.8) is 0 Å². The van der Waals surface area contributed by atoms with E-state index < -0.39 is 47.9 Å². The molecule has 0 aromatic heterocycles. The van der Waals surface area contributed by atoms with Crippen molar-refractivity contribution in [1.82, 2.24) is 15.5 Å². The maximum atomic E-state index is 13.6. The number of rotatable bonds is 4. The van der Waals surface area contributed by atoms with Gasteiger partial charge < -0.3 is 5.32 Å². The van der Waals surface area contributed by atoms with Crippen molar-refractivity contribution in [2.24, 2.45) is 0 Å². The van der Waals surface area contributed by atoms with Crippen LogP contribution >= 0.6 is 0 Å². The molecule has 3 amide bonds. The van der Waals surface area contributed by atoms with Crippen LogP contribution in [0.3, 0.4) is 0 Å². The number of carbonyl (C=O) groups is 2. The van der Waals surface area contributed by atoms with Gasteiger partial charge in [-0.3, -0.25) is 15.0 Å². The van der Waals surface area contributed by atoms with Crippen LogP contribution in [0.15, 0.2) is 18.2 Å². The Bertz CT molecular complexity index is 600. The molecule has 0 unspecified atom stereocenters. The standard InChI is InChI=1S/C13H12F5N3O2/c14-7-2-1-3-8(15)10(7)11(13(16,17)18)20-6-9(22)21-5-4-19-12(21)23/h1-3,11,20H,4-6H2,(H,19,23)/t11-/m1/s1. The Hall–Kier alpha value is -2.23. The van der Waals surface area contributed by atoms with Crippen molar-refractivity contribution < 1.29 is 31.5 Å². The molecule has 1 aromatic rings. The Morgan fingerprint density at radius 1 is 1.30 bits per heavy atom. The quantitative estimate of drug-likeness (QED) is 0.823. The first-order chi connectivity index (χ1) is 10.7. The molecule has 2 rings (SSSR count). The van der Waals surface area contributed by atoms with Crippen molar-refractivity contribution >= 4 is 11.9 Å². The van der Waals surface area contributed by atoms with Gasteiger partial charge in [-0.25, -0.2) is 13.6 Å². The molecule has 1 atom stereocenters. The lowest BCUT2D eigenvalue weighted by atomic mass is 10.0. The van der Waals surface area contributed by atoms with Crippen molar-refractivity contribution in [2.45, 2.75) is 12.2 Å². The molecular weight excluding hydrogens is 325 g/mol. The molecule has 2 N–H and O–H groups in total. The van der Waals surface area contributed by atoms with Crippen LogP contribution in [0.4, 0.5) is 26.7 Å². The van der Waals surface area contributed by atoms with Gasteiger partial charge in [0, 0.05) is 18.7 Å². The number of nitrogens with one attached hydrogen (secondary N) is 2. The summed E-state index contributed by atoms with van der Waals surface area (Å²) in [5.74, 6) is -3.69. The van der Waals surface area contributed by atoms with E-state index in [1.807, 2.05) is 0 Å². The third-order valence-electron chi connectivity index (χ3n) is 3.23. The van der Waals surface area contributed by atoms with Crippen molar-refractivity contribution in [3.8, 4) is 0 Å². The van der Waals surface area contributed by atoms with E-state index in [-0.39, 0.29) is 13.1 Å². The largest absolute Gasteiger partial charge is 0.408 e. The van der Waals surface area contributed by atoms with Gasteiger partial charge in [-0.05, 0) is 12.1 Å². The lowest BCUT2D eigenvalue weighted by Gasteiger charge is -2.23. The summed E-state index contributed by atoms with van der Waals surface area (Å²) in [5, 5.41) is 4.09. The van der Waals surface area contributed by atoms with Crippen molar-refractivity contribution in [3.05, 3.63) is 35.4 Å². The minimum Gasteiger partial charge on any atom is -0.336 e. The second-order valence-corrected chi connectivity index (χ2v) is 4.77. The fourth-order valence-electron chi connectivity index (χ4n) is 2.16. The fraction of sp³-hybridized carbons (Fsp3) is 0.385. The number of amides is 3. The zero-order chi connectivity index (χ0) is 17.2. The van der Waals surface area contributed by atoms with E-state index in [4.69, 9.17) is 0 Å². The second kappa shape index (κ2) is 6.49. The monoisotopic (exact) mass is 337 g/mol. The highest BCUT2D eigenvalue weighted by Gasteiger charge is 2.44. The normalized spacial score (nSPS) is 16.4. The SMILES string of the molecule is O=C(CN[C@H](c1c(F)cccc1F)C(F)(F)F)N1CCNC1=O. The van der Waals surface area contributed by atoms with Gasteiger partial charge in [0.1, 0.15) is 17.7 Å². The Balaban J connectivity index is 2.17. The van der Waals surface area contributed by atoms with Crippen LogP contribution in [0.25, 0.3) is 0 Å². The lowest BCUT2D eigenvalue weighted by molar-refractivity contribution is -0.160. The maximum absolute atomic E-state index is 13.6. The number of urea groups is 1. The van der Waals surface area contributed by atoms with Crippen LogP contribution in [0.5, 0.6) is 0 Å². The lowest BCUT2D eigenvalue weighted by Crippen LogP contribution is -2.44. The highest BCUT2D eigenvalue weighted by Crippen LogP contribution is 2.35. The molecule has 126 valence electrons. The number of carbonyl (C=O) groups excluding carboxylic acids is 2. The van der Waals surface area contributed by atoms with Gasteiger partial charge in [0.25, 0.3) is 0 Å². The van der Waals surface area contributed by atoms with Gasteiger partial charge in [0.05, 0.1) is 6.54 Å². The molecule has 1 fully saturated rings. The second-order valence-electron chi connectivity index (χ2n) is 4.77. The summed E-state index contributed by atoms with van der Waals surface area (Å²) >= 11 is 0. The molecule has 1 aromatic carbocycles. The van der Waals surface area contributed by atoms with Gasteiger partial charge in [-0.15, -0.1) is 0 Å². The van der Waals surface area contributed by atoms with E-state index in [2.05, 4.69) is 5.32 Å². The summed E-state index contributed by atoms with van der Waals surface area (Å²) in [7, 11) is 0. The van der Waals surface area contributed by atoms with Gasteiger partial charge in [0.2, 0.25) is 5.91 Å². The summed E-state index contributed by atoms with van der Waals surface area (Å²) in [5.41, 5.74) is -1.22. The highest BCUT2D eigenvalue weighted by molar-refractivity contribution is 5.96. The van der Waals surface area contributed by atoms with E-state index in [1.165, 1.54) is 0 Å². The Kier molecular flexibility index (Phi) is 4.83. The van der Waals surface area contributed by atoms with Crippen LogP contribution in [-0.4, -0.2) is 42.6 Å². The molecule has 23 heavy (non-hydrogen) atoms. The summed E-state index contributed by atoms with van der Waals surface area (Å²) in [4.78, 5) is 23.7. The molecule has 0 aliphatic carbocycles. The molecule has 1 heterocycles. The number of hydrogen-bond acceptors (Lipinski definition) is 3. The topological polar surface area (TPSA) is 61.4 Å². The van der Waals surface area contributed by atoms with E-state index in [0.717, 1.165) is 11.0 Å². The minimum atomic E-state index is -5.03. The van der Waals surface area contributed by atoms with Crippen molar-refractivity contribution in [2.75, 3.05) is 19.6 Å². The predicted octanol–water partition coefficient (Wildman–Crippen LogP) is 1.71. The first-order valence-electron chi connectivity index (χ1n) is 6.54. The van der Waals surface area contributed by atoms with E-state index in [1.54, 1.807) is 5.32 Å². The number of halogens is 5. The van der Waals surface area contributed by atoms with Crippen LogP contribution < -0.4 is 10.6 Å². The van der Waals surface area contributed by atoms with E-state index in [9.17, 15) is 31.5 Å². The van der Waals surface area contributed by atoms with E-state index in [0.29, 0.717) is 12.1 Å². The first kappa shape index (κ1) is 17.1. The Morgan fingerprint density at radius 2 is 1.91 bits per heavy atom. The molecule has 1 saturated heterocycles. The molecule has 0 bridgehead atoms. The molecule has 1 aliphatic heterocycles. The first-order valence-corrected chi connectivity index (χ1v) is 6.54. The number of hydrogen-bond donors (Lipinski definition) is 2. The number of benzene rings is 1. The molecule has 1 aliphatic rings. The van der Waals surface area contributed by atoms with Crippen LogP contribution in [0.1, 0.15) is 11.6 Å². The number of alkyl halides is 3.